The summed E-state index contributed by atoms with van der Waals surface area (Å²) in [5, 5.41) is 61.3. The molecule has 0 radical (unpaired) electrons. The second-order valence-corrected chi connectivity index (χ2v) is 38.3. The number of likely N-dealkylation sites (N-methyl/N-ethyl adjacent to an activating group) is 3. The first-order valence-electron chi connectivity index (χ1n) is 47.1. The van der Waals surface area contributed by atoms with Crippen molar-refractivity contribution in [2.24, 2.45) is 23.1 Å². The van der Waals surface area contributed by atoms with Crippen molar-refractivity contribution in [3.8, 4) is 0 Å². The molecule has 3 fully saturated rings. The molecule has 17 amide bonds. The van der Waals surface area contributed by atoms with Crippen LogP contribution in [0, 0.1) is 11.3 Å². The van der Waals surface area contributed by atoms with Gasteiger partial charge in [-0.1, -0.05) is 135 Å². The van der Waals surface area contributed by atoms with Crippen molar-refractivity contribution in [3.63, 3.8) is 0 Å². The van der Waals surface area contributed by atoms with E-state index < -0.39 is 235 Å². The van der Waals surface area contributed by atoms with Crippen molar-refractivity contribution in [2.75, 3.05) is 65.4 Å². The average molecular weight is 1950 g/mol. The SMILES string of the molecule is CCCC[C@H]1C(=O)N(C)[C@@H](CCCC)C(=O)N[C@@H](CCCNC(=N)N)C(=O)N[C@H](C(=O)NCC(N)=O)CSCC(=O)N[C@@H](Cc2ccc(C(C)(C)C)cc2)C(=O)N(C)[C@@H](C)C(=O)N[C@@H](CC(N)=O)C(=O)N2CCC[C@H]2C(=O)N[C@@H](Cc2cnc[nH]2)C(=O)N[C@@H](CC(C)C)C(=O)N2C[C@H](O)C[C@H]2C(=O)N[C@@H](Cc2c[nH]c3ccccc23)C(=O)N[C@@H](CO)C(=O)N[C@@H](Cc2c[nH]c3ccccc23)C(=O)N1C. The summed E-state index contributed by atoms with van der Waals surface area (Å²) >= 11 is 0.796. The molecule has 23 N–H and O–H groups in total. The molecule has 3 aromatic heterocycles. The Balaban J connectivity index is 1.11. The third-order valence-corrected chi connectivity index (χ3v) is 26.2. The van der Waals surface area contributed by atoms with Crippen molar-refractivity contribution >= 4 is 140 Å². The molecule has 0 bridgehead atoms. The minimum atomic E-state index is -1.89. The molecule has 6 heterocycles. The molecule has 0 saturated carbocycles. The van der Waals surface area contributed by atoms with E-state index in [0.717, 1.165) is 41.8 Å². The highest BCUT2D eigenvalue weighted by Gasteiger charge is 2.47. The molecule has 9 rings (SSSR count). The summed E-state index contributed by atoms with van der Waals surface area (Å²) in [6.45, 7) is 12.1. The molecule has 3 aliphatic rings. The highest BCUT2D eigenvalue weighted by Crippen LogP contribution is 2.29. The zero-order valence-corrected chi connectivity index (χ0v) is 81.4. The number of aromatic amines is 3. The molecule has 6 aromatic rings. The largest absolute Gasteiger partial charge is 0.394 e. The van der Waals surface area contributed by atoms with Gasteiger partial charge in [0.15, 0.2) is 5.96 Å². The van der Waals surface area contributed by atoms with Crippen LogP contribution in [0.1, 0.15) is 167 Å². The maximum absolute atomic E-state index is 15.8. The molecule has 0 aliphatic carbocycles. The smallest absolute Gasteiger partial charge is 0.246 e. The maximum atomic E-state index is 15.8. The summed E-state index contributed by atoms with van der Waals surface area (Å²) in [6.07, 6.45) is 3.90. The number of unbranched alkanes of at least 4 members (excludes halogenated alkanes) is 2. The molecular formula is C95H136N24O19S. The molecule has 0 spiro atoms. The third-order valence-electron chi connectivity index (χ3n) is 25.2. The van der Waals surface area contributed by atoms with Gasteiger partial charge in [-0.2, -0.15) is 0 Å². The van der Waals surface area contributed by atoms with Gasteiger partial charge in [0, 0.05) is 125 Å². The third kappa shape index (κ3) is 30.5. The number of para-hydroxylation sites is 2. The summed E-state index contributed by atoms with van der Waals surface area (Å²) in [5.41, 5.74) is 20.7. The van der Waals surface area contributed by atoms with E-state index in [2.05, 4.69) is 78.4 Å². The van der Waals surface area contributed by atoms with Gasteiger partial charge in [0.25, 0.3) is 0 Å². The van der Waals surface area contributed by atoms with Gasteiger partial charge in [-0.15, -0.1) is 11.8 Å². The topological polar surface area (TPSA) is 641 Å². The van der Waals surface area contributed by atoms with Crippen molar-refractivity contribution in [1.82, 2.24) is 103 Å². The summed E-state index contributed by atoms with van der Waals surface area (Å²) in [5.74, 6) is -17.6. The normalized spacial score (nSPS) is 24.5. The number of carbonyl (C=O) groups is 17. The van der Waals surface area contributed by atoms with Crippen molar-refractivity contribution < 1.29 is 91.7 Å². The fourth-order valence-corrected chi connectivity index (χ4v) is 18.2. The number of nitrogens with one attached hydrogen (secondary N) is 15. The Kier molecular flexibility index (Phi) is 40.2. The zero-order chi connectivity index (χ0) is 102. The Hall–Kier alpha value is -13.5. The number of hydrogen-bond acceptors (Lipinski definition) is 22. The number of benzene rings is 3. The van der Waals surface area contributed by atoms with E-state index in [1.54, 1.807) is 86.9 Å². The van der Waals surface area contributed by atoms with Crippen LogP contribution in [-0.4, -0.2) is 317 Å². The van der Waals surface area contributed by atoms with Gasteiger partial charge in [0.1, 0.15) is 84.6 Å². The van der Waals surface area contributed by atoms with Crippen molar-refractivity contribution in [3.05, 3.63) is 126 Å². The molecule has 756 valence electrons. The van der Waals surface area contributed by atoms with Crippen LogP contribution < -0.4 is 75.7 Å². The number of aromatic nitrogens is 4. The molecule has 15 atom stereocenters. The number of fused-ring (bicyclic) bond motifs is 4. The number of H-pyrrole nitrogens is 3. The number of imidazole rings is 1. The molecule has 3 saturated heterocycles. The van der Waals surface area contributed by atoms with Crippen LogP contribution in [0.2, 0.25) is 0 Å². The highest BCUT2D eigenvalue weighted by atomic mass is 32.2. The molecule has 43 nitrogen and oxygen atoms in total. The first kappa shape index (κ1) is 109. The number of aliphatic hydroxyl groups is 2. The minimum absolute atomic E-state index is 0.00628. The summed E-state index contributed by atoms with van der Waals surface area (Å²) < 4.78 is 0. The van der Waals surface area contributed by atoms with E-state index in [4.69, 9.17) is 22.6 Å². The highest BCUT2D eigenvalue weighted by molar-refractivity contribution is 8.00. The molecular weight excluding hydrogens is 1810 g/mol. The Bertz CT molecular complexity index is 5350. The van der Waals surface area contributed by atoms with Crippen molar-refractivity contribution in [2.45, 2.75) is 261 Å². The Labute approximate surface area is 810 Å². The van der Waals surface area contributed by atoms with Gasteiger partial charge in [-0.05, 0) is 97.6 Å². The summed E-state index contributed by atoms with van der Waals surface area (Å²) in [7, 11) is 3.97. The number of nitrogens with two attached hydrogens (primary N) is 3. The fourth-order valence-electron chi connectivity index (χ4n) is 17.3. The van der Waals surface area contributed by atoms with E-state index >= 15 is 52.7 Å². The number of rotatable bonds is 26. The minimum Gasteiger partial charge on any atom is -0.394 e. The zero-order valence-electron chi connectivity index (χ0n) is 80.6. The van der Waals surface area contributed by atoms with Crippen LogP contribution in [0.15, 0.2) is 97.7 Å². The fraction of sp³-hybridized carbons (Fsp3) is 0.547. The van der Waals surface area contributed by atoms with Gasteiger partial charge < -0.3 is 125 Å². The number of amides is 17. The number of thioether (sulfide) groups is 1. The molecule has 3 aliphatic heterocycles. The lowest BCUT2D eigenvalue weighted by Crippen LogP contribution is -2.62. The first-order chi connectivity index (χ1) is 66.0. The number of hydrogen-bond donors (Lipinski definition) is 20. The quantitative estimate of drug-likeness (QED) is 0.0170. The lowest BCUT2D eigenvalue weighted by atomic mass is 9.86. The standard InChI is InChI=1S/C95H136N24O19S/c1-12-14-27-73-86(131)107-64(26-20-34-101-94(98)99)82(127)114-72(81(126)104-46-78(97)123)49-139-50-79(124)106-68(37-54-30-32-57(33-31-54)95(6,7)8)89(134)115(9)53(5)80(125)110-70(42-77(96)122)91(136)118-35-21-29-74(118)87(132)109-66(40-58-45-100-51-105-58)84(129)111-67(36-52(3)4)92(137)119-47-59(121)41-76(119)88(133)108-65(38-55-43-102-62-24-18-16-22-60(55)62)83(128)113-71(48-120)85(130)112-69(39-56-44-103-63-25-19-17-23-61(56)63)90(135)117(11)75(28-15-13-2)93(138)116(73)10/h16-19,22-25,30-33,43-45,51-53,59,64-76,102-103,120-121H,12-15,20-21,26-29,34-42,46-50H2,1-11H3,(H2,96,122)(H2,97,123)(H,100,105)(H,104,126)(H,106,124)(H,107,131)(H,108,133)(H,109,132)(H,110,125)(H,111,129)(H,112,130)(H,113,128)(H,114,127)(H4,98,99,101)/t53-,59+,64-,65-,66-,67-,68-,69-,70-,71-,72-,73-,74-,75-,76-/m0/s1. The van der Waals surface area contributed by atoms with Crippen LogP contribution in [0.5, 0.6) is 0 Å². The number of primary amides is 2. The predicted molar refractivity (Wildman–Crippen MR) is 517 cm³/mol. The molecule has 0 unspecified atom stereocenters. The number of nitrogens with zero attached hydrogens (tertiary/aromatic N) is 6. The summed E-state index contributed by atoms with van der Waals surface area (Å²) in [6, 6.07) is -0.400. The van der Waals surface area contributed by atoms with Crippen LogP contribution >= 0.6 is 11.8 Å². The Morgan fingerprint density at radius 1 is 0.554 bits per heavy atom. The molecule has 44 heteroatoms. The second kappa shape index (κ2) is 51.2. The lowest BCUT2D eigenvalue weighted by molar-refractivity contribution is -0.149. The Morgan fingerprint density at radius 2 is 1.09 bits per heavy atom. The van der Waals surface area contributed by atoms with Crippen molar-refractivity contribution in [1.29, 1.82) is 5.41 Å². The van der Waals surface area contributed by atoms with Crippen LogP contribution in [0.25, 0.3) is 21.8 Å². The van der Waals surface area contributed by atoms with Crippen LogP contribution in [0.3, 0.4) is 0 Å². The number of guanidine groups is 1. The van der Waals surface area contributed by atoms with E-state index in [9.17, 15) is 39.0 Å². The summed E-state index contributed by atoms with van der Waals surface area (Å²) in [4.78, 5) is 271. The average Bonchev–Trinajstić information content (AvgIpc) is 1.71. The molecule has 139 heavy (non-hydrogen) atoms. The van der Waals surface area contributed by atoms with E-state index in [1.165, 1.54) is 40.6 Å². The number of carbonyl (C=O) groups excluding carboxylic acids is 17. The lowest BCUT2D eigenvalue weighted by Gasteiger charge is -2.36. The molecule has 3 aromatic carbocycles. The number of aliphatic hydroxyl groups excluding tert-OH is 2. The van der Waals surface area contributed by atoms with Gasteiger partial charge in [0.2, 0.25) is 100 Å². The second-order valence-electron chi connectivity index (χ2n) is 37.3. The first-order valence-corrected chi connectivity index (χ1v) is 48.3. The van der Waals surface area contributed by atoms with Gasteiger partial charge in [-0.3, -0.25) is 86.9 Å². The maximum Gasteiger partial charge on any atom is 0.246 e. The Morgan fingerprint density at radius 3 is 1.67 bits per heavy atom. The van der Waals surface area contributed by atoms with E-state index in [1.807, 2.05) is 46.8 Å². The van der Waals surface area contributed by atoms with Gasteiger partial charge >= 0.3 is 0 Å². The monoisotopic (exact) mass is 1950 g/mol. The van der Waals surface area contributed by atoms with Gasteiger partial charge in [0.05, 0.1) is 37.8 Å². The van der Waals surface area contributed by atoms with Gasteiger partial charge in [-0.25, -0.2) is 4.98 Å². The van der Waals surface area contributed by atoms with E-state index in [0.29, 0.717) is 69.9 Å². The van der Waals surface area contributed by atoms with E-state index in [-0.39, 0.29) is 101 Å². The predicted octanol–water partition coefficient (Wildman–Crippen LogP) is -1.34. The van der Waals surface area contributed by atoms with Crippen LogP contribution in [0.4, 0.5) is 0 Å². The van der Waals surface area contributed by atoms with Crippen LogP contribution in [-0.2, 0) is 113 Å².